The van der Waals surface area contributed by atoms with Gasteiger partial charge in [0.2, 0.25) is 0 Å². The van der Waals surface area contributed by atoms with Crippen LogP contribution in [-0.2, 0) is 15.1 Å². The van der Waals surface area contributed by atoms with E-state index in [1.165, 1.54) is 12.1 Å². The SMILES string of the molecule is CCOC(=O)COc1ccc(-c2cn(C(c3ccccc3)(c3ccccc3)c3ccccc3)nc2-c2cccc(Cl)c2)cc1[N+](=O)[O-]. The summed E-state index contributed by atoms with van der Waals surface area (Å²) < 4.78 is 12.4. The fourth-order valence-electron chi connectivity index (χ4n) is 5.83. The summed E-state index contributed by atoms with van der Waals surface area (Å²) in [5.74, 6) is -0.662. The van der Waals surface area contributed by atoms with Crippen LogP contribution >= 0.6 is 11.6 Å². The first-order chi connectivity index (χ1) is 22.9. The molecule has 0 radical (unpaired) electrons. The Kier molecular flexibility index (Phi) is 9.13. The maximum atomic E-state index is 12.3. The third kappa shape index (κ3) is 6.23. The topological polar surface area (TPSA) is 96.5 Å². The van der Waals surface area contributed by atoms with Crippen LogP contribution in [0.1, 0.15) is 23.6 Å². The third-order valence-corrected chi connectivity index (χ3v) is 8.08. The zero-order valence-electron chi connectivity index (χ0n) is 25.5. The summed E-state index contributed by atoms with van der Waals surface area (Å²) in [6.07, 6.45) is 1.92. The molecule has 234 valence electrons. The second kappa shape index (κ2) is 13.7. The van der Waals surface area contributed by atoms with Crippen molar-refractivity contribution in [2.75, 3.05) is 13.2 Å². The maximum Gasteiger partial charge on any atom is 0.344 e. The molecule has 0 amide bonds. The Morgan fingerprint density at radius 1 is 0.809 bits per heavy atom. The molecule has 1 aromatic heterocycles. The maximum absolute atomic E-state index is 12.3. The number of hydrogen-bond acceptors (Lipinski definition) is 6. The lowest BCUT2D eigenvalue weighted by atomic mass is 9.77. The number of nitro groups is 1. The molecule has 8 nitrogen and oxygen atoms in total. The smallest absolute Gasteiger partial charge is 0.344 e. The van der Waals surface area contributed by atoms with Crippen LogP contribution in [0, 0.1) is 10.1 Å². The number of carbonyl (C=O) groups is 1. The zero-order chi connectivity index (χ0) is 32.8. The van der Waals surface area contributed by atoms with Gasteiger partial charge in [0, 0.05) is 28.4 Å². The van der Waals surface area contributed by atoms with Crippen molar-refractivity contribution >= 4 is 23.3 Å². The van der Waals surface area contributed by atoms with E-state index in [1.807, 2.05) is 83.7 Å². The zero-order valence-corrected chi connectivity index (χ0v) is 26.2. The number of esters is 1. The van der Waals surface area contributed by atoms with E-state index in [1.54, 1.807) is 19.1 Å². The van der Waals surface area contributed by atoms with Gasteiger partial charge in [0.15, 0.2) is 12.4 Å². The van der Waals surface area contributed by atoms with E-state index >= 15 is 0 Å². The van der Waals surface area contributed by atoms with Crippen LogP contribution in [0.15, 0.2) is 140 Å². The van der Waals surface area contributed by atoms with Gasteiger partial charge in [0.05, 0.1) is 11.5 Å². The van der Waals surface area contributed by atoms with Crippen molar-refractivity contribution in [1.82, 2.24) is 9.78 Å². The van der Waals surface area contributed by atoms with Gasteiger partial charge in [-0.1, -0.05) is 121 Å². The van der Waals surface area contributed by atoms with Gasteiger partial charge in [-0.25, -0.2) is 4.79 Å². The minimum Gasteiger partial charge on any atom is -0.475 e. The third-order valence-electron chi connectivity index (χ3n) is 7.85. The van der Waals surface area contributed by atoms with Crippen LogP contribution in [-0.4, -0.2) is 33.9 Å². The second-order valence-corrected chi connectivity index (χ2v) is 11.1. The first kappa shape index (κ1) is 31.3. The van der Waals surface area contributed by atoms with Crippen LogP contribution in [0.3, 0.4) is 0 Å². The van der Waals surface area contributed by atoms with E-state index in [-0.39, 0.29) is 18.0 Å². The number of hydrogen-bond donors (Lipinski definition) is 0. The van der Waals surface area contributed by atoms with Gasteiger partial charge in [-0.05, 0) is 47.4 Å². The molecule has 0 aliphatic carbocycles. The Bertz CT molecular complexity index is 1920. The van der Waals surface area contributed by atoms with Gasteiger partial charge in [-0.3, -0.25) is 14.8 Å². The van der Waals surface area contributed by atoms with E-state index in [0.29, 0.717) is 21.8 Å². The molecular weight excluding hydrogens is 614 g/mol. The van der Waals surface area contributed by atoms with Crippen LogP contribution < -0.4 is 4.74 Å². The largest absolute Gasteiger partial charge is 0.475 e. The quantitative estimate of drug-likeness (QED) is 0.0607. The van der Waals surface area contributed by atoms with E-state index in [0.717, 1.165) is 22.3 Å². The molecule has 5 aromatic carbocycles. The van der Waals surface area contributed by atoms with Gasteiger partial charge < -0.3 is 9.47 Å². The van der Waals surface area contributed by atoms with E-state index in [2.05, 4.69) is 36.4 Å². The first-order valence-electron chi connectivity index (χ1n) is 15.0. The monoisotopic (exact) mass is 643 g/mol. The minimum absolute atomic E-state index is 0.0456. The molecule has 0 spiro atoms. The average molecular weight is 644 g/mol. The summed E-state index contributed by atoms with van der Waals surface area (Å²) in [4.78, 5) is 23.7. The van der Waals surface area contributed by atoms with Crippen molar-refractivity contribution in [2.45, 2.75) is 12.5 Å². The number of ether oxygens (including phenoxy) is 2. The van der Waals surface area contributed by atoms with Crippen molar-refractivity contribution in [1.29, 1.82) is 0 Å². The fraction of sp³-hybridized carbons (Fsp3) is 0.105. The molecule has 0 aliphatic heterocycles. The summed E-state index contributed by atoms with van der Waals surface area (Å²) in [6, 6.07) is 42.3. The standard InChI is InChI=1S/C38H30ClN3O5/c1-2-46-36(43)26-47-35-22-21-27(24-34(35)42(44)45)33-25-41(40-37(33)28-13-12-20-32(39)23-28)38(29-14-6-3-7-15-29,30-16-8-4-9-17-30)31-18-10-5-11-19-31/h3-25H,2,26H2,1H3. The van der Waals surface area contributed by atoms with Gasteiger partial charge in [0.25, 0.3) is 0 Å². The molecule has 0 unspecified atom stereocenters. The lowest BCUT2D eigenvalue weighted by molar-refractivity contribution is -0.385. The number of aromatic nitrogens is 2. The van der Waals surface area contributed by atoms with Gasteiger partial charge >= 0.3 is 11.7 Å². The molecule has 0 aliphatic rings. The van der Waals surface area contributed by atoms with Crippen LogP contribution in [0.2, 0.25) is 5.02 Å². The predicted octanol–water partition coefficient (Wildman–Crippen LogP) is 8.56. The lowest BCUT2D eigenvalue weighted by Crippen LogP contribution is -2.38. The molecule has 0 saturated carbocycles. The molecule has 0 saturated heterocycles. The Hall–Kier alpha value is -5.73. The highest BCUT2D eigenvalue weighted by Crippen LogP contribution is 2.44. The van der Waals surface area contributed by atoms with E-state index < -0.39 is 23.0 Å². The molecular formula is C38H30ClN3O5. The minimum atomic E-state index is -0.927. The summed E-state index contributed by atoms with van der Waals surface area (Å²) in [7, 11) is 0. The van der Waals surface area contributed by atoms with Crippen LogP contribution in [0.5, 0.6) is 5.75 Å². The van der Waals surface area contributed by atoms with Crippen molar-refractivity contribution < 1.29 is 19.2 Å². The highest BCUT2D eigenvalue weighted by atomic mass is 35.5. The van der Waals surface area contributed by atoms with Crippen LogP contribution in [0.25, 0.3) is 22.4 Å². The van der Waals surface area contributed by atoms with Crippen molar-refractivity contribution in [3.63, 3.8) is 0 Å². The highest BCUT2D eigenvalue weighted by Gasteiger charge is 2.40. The van der Waals surface area contributed by atoms with Crippen molar-refractivity contribution in [3.8, 4) is 28.1 Å². The Morgan fingerprint density at radius 2 is 1.40 bits per heavy atom. The number of nitro benzene ring substituents is 1. The van der Waals surface area contributed by atoms with Gasteiger partial charge in [0.1, 0.15) is 11.2 Å². The number of carbonyl (C=O) groups excluding carboxylic acids is 1. The Labute approximate surface area is 276 Å². The lowest BCUT2D eigenvalue weighted by Gasteiger charge is -2.36. The Morgan fingerprint density at radius 3 is 1.94 bits per heavy atom. The summed E-state index contributed by atoms with van der Waals surface area (Å²) in [6.45, 7) is 1.40. The molecule has 6 aromatic rings. The fourth-order valence-corrected chi connectivity index (χ4v) is 6.02. The number of benzene rings is 5. The highest BCUT2D eigenvalue weighted by molar-refractivity contribution is 6.30. The molecule has 0 N–H and O–H groups in total. The molecule has 6 rings (SSSR count). The van der Waals surface area contributed by atoms with Crippen LogP contribution in [0.4, 0.5) is 5.69 Å². The van der Waals surface area contributed by atoms with Crippen molar-refractivity contribution in [2.24, 2.45) is 0 Å². The Balaban J connectivity index is 1.62. The van der Waals surface area contributed by atoms with Gasteiger partial charge in [-0.2, -0.15) is 5.10 Å². The molecule has 0 atom stereocenters. The second-order valence-electron chi connectivity index (χ2n) is 10.7. The molecule has 1 heterocycles. The first-order valence-corrected chi connectivity index (χ1v) is 15.4. The predicted molar refractivity (Wildman–Crippen MR) is 181 cm³/mol. The normalized spacial score (nSPS) is 11.2. The van der Waals surface area contributed by atoms with Crippen molar-refractivity contribution in [3.05, 3.63) is 171 Å². The number of nitrogens with zero attached hydrogens (tertiary/aromatic N) is 3. The summed E-state index contributed by atoms with van der Waals surface area (Å²) in [5, 5.41) is 18.1. The summed E-state index contributed by atoms with van der Waals surface area (Å²) in [5.41, 5.74) is 4.17. The number of halogens is 1. The number of rotatable bonds is 11. The van der Waals surface area contributed by atoms with E-state index in [4.69, 9.17) is 26.2 Å². The van der Waals surface area contributed by atoms with Gasteiger partial charge in [-0.15, -0.1) is 0 Å². The molecule has 9 heteroatoms. The molecule has 0 bridgehead atoms. The molecule has 47 heavy (non-hydrogen) atoms. The molecule has 0 fully saturated rings. The average Bonchev–Trinajstić information content (AvgIpc) is 3.55. The van der Waals surface area contributed by atoms with E-state index in [9.17, 15) is 14.9 Å². The summed E-state index contributed by atoms with van der Waals surface area (Å²) >= 11 is 6.47.